The van der Waals surface area contributed by atoms with E-state index >= 15 is 0 Å². The first-order valence-electron chi connectivity index (χ1n) is 7.55. The molecule has 1 heterocycles. The Hall–Kier alpha value is -1.71. The van der Waals surface area contributed by atoms with Gasteiger partial charge in [-0.25, -0.2) is 4.39 Å². The molecule has 0 saturated carbocycles. The van der Waals surface area contributed by atoms with E-state index in [9.17, 15) is 4.39 Å². The molecule has 3 rings (SSSR count). The highest BCUT2D eigenvalue weighted by Gasteiger charge is 2.23. The number of fused-ring (bicyclic) bond motifs is 1. The molecule has 2 nitrogen and oxygen atoms in total. The highest BCUT2D eigenvalue weighted by molar-refractivity contribution is 5.30. The zero-order chi connectivity index (χ0) is 14.7. The molecule has 1 unspecified atom stereocenters. The average Bonchev–Trinajstić information content (AvgIpc) is 2.89. The molecule has 0 amide bonds. The number of rotatable bonds is 5. The highest BCUT2D eigenvalue weighted by atomic mass is 19.1. The van der Waals surface area contributed by atoms with Crippen molar-refractivity contribution in [3.05, 3.63) is 71.0 Å². The Kier molecular flexibility index (Phi) is 4.32. The average molecular weight is 284 g/mol. The van der Waals surface area contributed by atoms with Crippen molar-refractivity contribution in [3.63, 3.8) is 0 Å². The number of benzene rings is 2. The molecule has 1 aliphatic heterocycles. The second-order valence-electron chi connectivity index (χ2n) is 5.57. The van der Waals surface area contributed by atoms with Crippen LogP contribution in [-0.2, 0) is 13.1 Å². The molecule has 3 heteroatoms. The van der Waals surface area contributed by atoms with E-state index < -0.39 is 0 Å². The van der Waals surface area contributed by atoms with Crippen LogP contribution in [0.2, 0.25) is 0 Å². The summed E-state index contributed by atoms with van der Waals surface area (Å²) in [5, 5.41) is 3.41. The summed E-state index contributed by atoms with van der Waals surface area (Å²) in [5.74, 6) is -0.125. The van der Waals surface area contributed by atoms with Crippen LogP contribution in [0.15, 0.2) is 48.5 Å². The number of likely N-dealkylation sites (N-methyl/N-ethyl adjacent to an activating group) is 1. The van der Waals surface area contributed by atoms with E-state index in [2.05, 4.69) is 41.4 Å². The van der Waals surface area contributed by atoms with E-state index in [1.165, 1.54) is 11.1 Å². The van der Waals surface area contributed by atoms with E-state index in [1.54, 1.807) is 12.1 Å². The molecule has 1 atom stereocenters. The minimum atomic E-state index is -0.125. The lowest BCUT2D eigenvalue weighted by Crippen LogP contribution is -2.33. The largest absolute Gasteiger partial charge is 0.309 e. The molecule has 0 aliphatic carbocycles. The molecule has 0 bridgehead atoms. The number of hydrogen-bond acceptors (Lipinski definition) is 2. The fourth-order valence-corrected chi connectivity index (χ4v) is 3.07. The molecular formula is C18H21FN2. The van der Waals surface area contributed by atoms with Gasteiger partial charge in [-0.3, -0.25) is 4.90 Å². The van der Waals surface area contributed by atoms with Crippen molar-refractivity contribution in [1.82, 2.24) is 10.2 Å². The quantitative estimate of drug-likeness (QED) is 0.904. The van der Waals surface area contributed by atoms with Crippen LogP contribution in [0, 0.1) is 5.82 Å². The lowest BCUT2D eigenvalue weighted by molar-refractivity contribution is 0.247. The fraction of sp³-hybridized carbons (Fsp3) is 0.333. The summed E-state index contributed by atoms with van der Waals surface area (Å²) >= 11 is 0. The van der Waals surface area contributed by atoms with Crippen LogP contribution in [0.4, 0.5) is 4.39 Å². The van der Waals surface area contributed by atoms with Crippen molar-refractivity contribution >= 4 is 0 Å². The lowest BCUT2D eigenvalue weighted by Gasteiger charge is -2.25. The Bertz CT molecular complexity index is 587. The minimum absolute atomic E-state index is 0.0329. The third-order valence-corrected chi connectivity index (χ3v) is 4.08. The van der Waals surface area contributed by atoms with Crippen molar-refractivity contribution in [2.75, 3.05) is 13.1 Å². The van der Waals surface area contributed by atoms with E-state index in [-0.39, 0.29) is 11.9 Å². The van der Waals surface area contributed by atoms with Gasteiger partial charge in [-0.1, -0.05) is 49.4 Å². The summed E-state index contributed by atoms with van der Waals surface area (Å²) in [4.78, 5) is 2.38. The van der Waals surface area contributed by atoms with Crippen LogP contribution < -0.4 is 5.32 Å². The van der Waals surface area contributed by atoms with Gasteiger partial charge in [0.25, 0.3) is 0 Å². The van der Waals surface area contributed by atoms with Crippen molar-refractivity contribution in [2.45, 2.75) is 26.1 Å². The topological polar surface area (TPSA) is 15.3 Å². The maximum absolute atomic E-state index is 14.0. The van der Waals surface area contributed by atoms with Gasteiger partial charge in [-0.05, 0) is 23.7 Å². The van der Waals surface area contributed by atoms with Crippen molar-refractivity contribution in [1.29, 1.82) is 0 Å². The number of nitrogens with zero attached hydrogens (tertiary/aromatic N) is 1. The van der Waals surface area contributed by atoms with Gasteiger partial charge in [0.1, 0.15) is 5.82 Å². The first kappa shape index (κ1) is 14.2. The van der Waals surface area contributed by atoms with E-state index in [0.29, 0.717) is 0 Å². The Balaban J connectivity index is 1.74. The molecule has 0 saturated heterocycles. The van der Waals surface area contributed by atoms with Crippen molar-refractivity contribution in [3.8, 4) is 0 Å². The molecule has 1 N–H and O–H groups in total. The molecular weight excluding hydrogens is 263 g/mol. The third-order valence-electron chi connectivity index (χ3n) is 4.08. The molecule has 2 aromatic carbocycles. The maximum atomic E-state index is 14.0. The molecule has 21 heavy (non-hydrogen) atoms. The summed E-state index contributed by atoms with van der Waals surface area (Å²) < 4.78 is 14.0. The monoisotopic (exact) mass is 284 g/mol. The summed E-state index contributed by atoms with van der Waals surface area (Å²) in [6, 6.07) is 15.6. The summed E-state index contributed by atoms with van der Waals surface area (Å²) in [6.07, 6.45) is 0. The summed E-state index contributed by atoms with van der Waals surface area (Å²) in [6.45, 7) is 5.62. The highest BCUT2D eigenvalue weighted by Crippen LogP contribution is 2.25. The van der Waals surface area contributed by atoms with Gasteiger partial charge >= 0.3 is 0 Å². The van der Waals surface area contributed by atoms with Gasteiger partial charge in [0.05, 0.1) is 0 Å². The molecule has 0 spiro atoms. The number of halogens is 1. The minimum Gasteiger partial charge on any atom is -0.309 e. The van der Waals surface area contributed by atoms with Gasteiger partial charge in [0, 0.05) is 31.2 Å². The Morgan fingerprint density at radius 3 is 2.29 bits per heavy atom. The predicted molar refractivity (Wildman–Crippen MR) is 83.4 cm³/mol. The molecule has 1 aliphatic rings. The number of nitrogens with one attached hydrogen (secondary N) is 1. The zero-order valence-corrected chi connectivity index (χ0v) is 12.3. The zero-order valence-electron chi connectivity index (χ0n) is 12.3. The van der Waals surface area contributed by atoms with Gasteiger partial charge < -0.3 is 5.32 Å². The van der Waals surface area contributed by atoms with Crippen LogP contribution in [-0.4, -0.2) is 18.0 Å². The van der Waals surface area contributed by atoms with Crippen molar-refractivity contribution < 1.29 is 4.39 Å². The van der Waals surface area contributed by atoms with Gasteiger partial charge in [-0.2, -0.15) is 0 Å². The lowest BCUT2D eigenvalue weighted by atomic mass is 10.1. The Labute approximate surface area is 125 Å². The van der Waals surface area contributed by atoms with E-state index in [1.807, 2.05) is 12.1 Å². The van der Waals surface area contributed by atoms with E-state index in [4.69, 9.17) is 0 Å². The molecule has 110 valence electrons. The third kappa shape index (κ3) is 3.14. The predicted octanol–water partition coefficient (Wildman–Crippen LogP) is 3.49. The Morgan fingerprint density at radius 2 is 1.67 bits per heavy atom. The van der Waals surface area contributed by atoms with Crippen molar-refractivity contribution in [2.24, 2.45) is 0 Å². The fourth-order valence-electron chi connectivity index (χ4n) is 3.07. The van der Waals surface area contributed by atoms with Gasteiger partial charge in [0.2, 0.25) is 0 Å². The van der Waals surface area contributed by atoms with Crippen LogP contribution in [0.3, 0.4) is 0 Å². The standard InChI is InChI=1S/C18H21FN2/c1-2-20-18(16-9-5-6-10-17(16)19)13-21-11-14-7-3-4-8-15(14)12-21/h3-10,18,20H,2,11-13H2,1H3. The first-order chi connectivity index (χ1) is 10.3. The summed E-state index contributed by atoms with van der Waals surface area (Å²) in [7, 11) is 0. The van der Waals surface area contributed by atoms with E-state index in [0.717, 1.165) is 31.7 Å². The van der Waals surface area contributed by atoms with Crippen LogP contribution in [0.1, 0.15) is 29.7 Å². The second kappa shape index (κ2) is 6.37. The van der Waals surface area contributed by atoms with Crippen LogP contribution in [0.25, 0.3) is 0 Å². The molecule has 0 fully saturated rings. The Morgan fingerprint density at radius 1 is 1.05 bits per heavy atom. The normalized spacial score (nSPS) is 15.9. The van der Waals surface area contributed by atoms with Gasteiger partial charge in [0.15, 0.2) is 0 Å². The molecule has 2 aromatic rings. The SMILES string of the molecule is CCNC(CN1Cc2ccccc2C1)c1ccccc1F. The first-order valence-corrected chi connectivity index (χ1v) is 7.55. The molecule has 0 aromatic heterocycles. The van der Waals surface area contributed by atoms with Gasteiger partial charge in [-0.15, -0.1) is 0 Å². The maximum Gasteiger partial charge on any atom is 0.128 e. The van der Waals surface area contributed by atoms with Crippen LogP contribution in [0.5, 0.6) is 0 Å². The molecule has 0 radical (unpaired) electrons. The smallest absolute Gasteiger partial charge is 0.128 e. The second-order valence-corrected chi connectivity index (χ2v) is 5.57. The van der Waals surface area contributed by atoms with Crippen LogP contribution >= 0.6 is 0 Å². The number of hydrogen-bond donors (Lipinski definition) is 1. The summed E-state index contributed by atoms with van der Waals surface area (Å²) in [5.41, 5.74) is 3.54.